The van der Waals surface area contributed by atoms with Crippen LogP contribution < -0.4 is 5.32 Å². The number of nitrogens with one attached hydrogen (secondary N) is 1. The van der Waals surface area contributed by atoms with Gasteiger partial charge in [0.2, 0.25) is 11.8 Å². The van der Waals surface area contributed by atoms with Gasteiger partial charge in [-0.05, 0) is 50.8 Å². The summed E-state index contributed by atoms with van der Waals surface area (Å²) in [5, 5.41) is 12.2. The second kappa shape index (κ2) is 9.85. The topological polar surface area (TPSA) is 72.9 Å². The Morgan fingerprint density at radius 2 is 1.78 bits per heavy atom. The van der Waals surface area contributed by atoms with E-state index in [0.717, 1.165) is 31.5 Å². The summed E-state index contributed by atoms with van der Waals surface area (Å²) in [6.45, 7) is 2.84. The molecule has 3 rings (SSSR count). The number of rotatable bonds is 6. The zero-order valence-corrected chi connectivity index (χ0v) is 16.0. The highest BCUT2D eigenvalue weighted by molar-refractivity contribution is 5.92. The van der Waals surface area contributed by atoms with Gasteiger partial charge in [0.1, 0.15) is 0 Å². The van der Waals surface area contributed by atoms with E-state index >= 15 is 0 Å². The first-order chi connectivity index (χ1) is 13.2. The average Bonchev–Trinajstić information content (AvgIpc) is 2.70. The molecule has 0 saturated carbocycles. The molecule has 0 radical (unpaired) electrons. The normalized spacial score (nSPS) is 21.8. The van der Waals surface area contributed by atoms with Crippen molar-refractivity contribution in [1.29, 1.82) is 0 Å². The molecule has 2 amide bonds. The van der Waals surface area contributed by atoms with Gasteiger partial charge in [-0.15, -0.1) is 0 Å². The summed E-state index contributed by atoms with van der Waals surface area (Å²) >= 11 is 0. The lowest BCUT2D eigenvalue weighted by Gasteiger charge is -2.37. The molecular weight excluding hydrogens is 342 g/mol. The minimum absolute atomic E-state index is 0.0358. The lowest BCUT2D eigenvalue weighted by Crippen LogP contribution is -2.49. The predicted molar refractivity (Wildman–Crippen MR) is 105 cm³/mol. The van der Waals surface area contributed by atoms with Gasteiger partial charge in [-0.25, -0.2) is 0 Å². The zero-order valence-electron chi connectivity index (χ0n) is 16.0. The van der Waals surface area contributed by atoms with E-state index in [1.165, 1.54) is 6.42 Å². The van der Waals surface area contributed by atoms with Crippen LogP contribution in [0.3, 0.4) is 0 Å². The van der Waals surface area contributed by atoms with Crippen LogP contribution in [0.1, 0.15) is 38.5 Å². The van der Waals surface area contributed by atoms with Crippen molar-refractivity contribution in [2.45, 2.75) is 44.6 Å². The first-order valence-electron chi connectivity index (χ1n) is 10.2. The van der Waals surface area contributed by atoms with E-state index in [9.17, 15) is 14.7 Å². The monoisotopic (exact) mass is 373 g/mol. The third-order valence-corrected chi connectivity index (χ3v) is 5.81. The van der Waals surface area contributed by atoms with Gasteiger partial charge in [-0.1, -0.05) is 24.6 Å². The summed E-state index contributed by atoms with van der Waals surface area (Å²) in [4.78, 5) is 29.3. The van der Waals surface area contributed by atoms with E-state index in [0.29, 0.717) is 38.5 Å². The summed E-state index contributed by atoms with van der Waals surface area (Å²) in [5.41, 5.74) is 0.820. The summed E-state index contributed by atoms with van der Waals surface area (Å²) < 4.78 is 0. The van der Waals surface area contributed by atoms with Gasteiger partial charge in [0, 0.05) is 37.3 Å². The number of hydrogen-bond acceptors (Lipinski definition) is 4. The first kappa shape index (κ1) is 19.8. The maximum absolute atomic E-state index is 12.7. The number of aliphatic hydroxyl groups excluding tert-OH is 1. The molecule has 6 heteroatoms. The van der Waals surface area contributed by atoms with Crippen molar-refractivity contribution < 1.29 is 14.7 Å². The maximum atomic E-state index is 12.7. The van der Waals surface area contributed by atoms with Crippen LogP contribution in [0.5, 0.6) is 0 Å². The maximum Gasteiger partial charge on any atom is 0.236 e. The van der Waals surface area contributed by atoms with Gasteiger partial charge < -0.3 is 15.3 Å². The molecule has 1 aromatic carbocycles. The number of piperidine rings is 2. The van der Waals surface area contributed by atoms with E-state index in [1.54, 1.807) is 0 Å². The number of hydrogen-bond donors (Lipinski definition) is 2. The zero-order chi connectivity index (χ0) is 19.1. The van der Waals surface area contributed by atoms with E-state index in [-0.39, 0.29) is 24.3 Å². The molecule has 27 heavy (non-hydrogen) atoms. The number of carbonyl (C=O) groups is 2. The van der Waals surface area contributed by atoms with Crippen LogP contribution in [-0.4, -0.2) is 65.5 Å². The largest absolute Gasteiger partial charge is 0.396 e. The molecule has 0 bridgehead atoms. The van der Waals surface area contributed by atoms with Crippen LogP contribution in [0.2, 0.25) is 0 Å². The van der Waals surface area contributed by atoms with E-state index < -0.39 is 0 Å². The first-order valence-corrected chi connectivity index (χ1v) is 10.2. The van der Waals surface area contributed by atoms with Crippen molar-refractivity contribution in [1.82, 2.24) is 9.80 Å². The molecule has 0 spiro atoms. The quantitative estimate of drug-likeness (QED) is 0.801. The van der Waals surface area contributed by atoms with Crippen molar-refractivity contribution in [2.75, 3.05) is 38.1 Å². The minimum atomic E-state index is -0.0358. The van der Waals surface area contributed by atoms with E-state index in [1.807, 2.05) is 35.2 Å². The number of para-hydroxylation sites is 1. The van der Waals surface area contributed by atoms with Crippen molar-refractivity contribution >= 4 is 17.5 Å². The number of anilines is 1. The summed E-state index contributed by atoms with van der Waals surface area (Å²) in [6, 6.07) is 9.83. The van der Waals surface area contributed by atoms with Crippen LogP contribution in [0.25, 0.3) is 0 Å². The highest BCUT2D eigenvalue weighted by Crippen LogP contribution is 2.22. The van der Waals surface area contributed by atoms with Crippen molar-refractivity contribution in [3.63, 3.8) is 0 Å². The van der Waals surface area contributed by atoms with Crippen LogP contribution in [0.4, 0.5) is 5.69 Å². The average molecular weight is 373 g/mol. The Morgan fingerprint density at radius 3 is 2.48 bits per heavy atom. The van der Waals surface area contributed by atoms with Gasteiger partial charge >= 0.3 is 0 Å². The number of carbonyl (C=O) groups excluding carboxylic acids is 2. The van der Waals surface area contributed by atoms with Crippen LogP contribution in [0.15, 0.2) is 30.3 Å². The van der Waals surface area contributed by atoms with Gasteiger partial charge in [0.25, 0.3) is 0 Å². The SMILES string of the molecule is O=C(Nc1ccccc1)C1CCN(C(=O)CN2CCCC[C@@H]2CCO)CC1. The third-order valence-electron chi connectivity index (χ3n) is 5.81. The molecular formula is C21H31N3O3. The molecule has 2 aliphatic rings. The van der Waals surface area contributed by atoms with Crippen molar-refractivity contribution in [2.24, 2.45) is 5.92 Å². The molecule has 0 aromatic heterocycles. The van der Waals surface area contributed by atoms with Gasteiger partial charge in [-0.3, -0.25) is 14.5 Å². The fraction of sp³-hybridized carbons (Fsp3) is 0.619. The van der Waals surface area contributed by atoms with Crippen molar-refractivity contribution in [3.8, 4) is 0 Å². The number of benzene rings is 1. The lowest BCUT2D eigenvalue weighted by molar-refractivity contribution is -0.136. The molecule has 2 saturated heterocycles. The Balaban J connectivity index is 1.45. The Kier molecular flexibility index (Phi) is 7.24. The molecule has 1 aromatic rings. The summed E-state index contributed by atoms with van der Waals surface area (Å²) in [7, 11) is 0. The number of likely N-dealkylation sites (tertiary alicyclic amines) is 2. The second-order valence-corrected chi connectivity index (χ2v) is 7.64. The van der Waals surface area contributed by atoms with Crippen LogP contribution in [-0.2, 0) is 9.59 Å². The Hall–Kier alpha value is -1.92. The van der Waals surface area contributed by atoms with E-state index in [4.69, 9.17) is 0 Å². The molecule has 0 unspecified atom stereocenters. The standard InChI is InChI=1S/C21H31N3O3/c25-15-11-19-8-4-5-12-24(19)16-20(26)23-13-9-17(10-14-23)21(27)22-18-6-2-1-3-7-18/h1-3,6-7,17,19,25H,4-5,8-16H2,(H,22,27)/t19-/m1/s1. The van der Waals surface area contributed by atoms with Gasteiger partial charge in [0.15, 0.2) is 0 Å². The smallest absolute Gasteiger partial charge is 0.236 e. The molecule has 0 aliphatic carbocycles. The molecule has 1 atom stereocenters. The molecule has 148 valence electrons. The summed E-state index contributed by atoms with van der Waals surface area (Å²) in [6.07, 6.45) is 5.54. The van der Waals surface area contributed by atoms with Gasteiger partial charge in [0.05, 0.1) is 6.54 Å². The predicted octanol–water partition coefficient (Wildman–Crippen LogP) is 2.10. The third kappa shape index (κ3) is 5.53. The molecule has 2 fully saturated rings. The molecule has 6 nitrogen and oxygen atoms in total. The molecule has 2 N–H and O–H groups in total. The molecule has 2 aliphatic heterocycles. The fourth-order valence-electron chi connectivity index (χ4n) is 4.17. The van der Waals surface area contributed by atoms with Crippen molar-refractivity contribution in [3.05, 3.63) is 30.3 Å². The minimum Gasteiger partial charge on any atom is -0.396 e. The number of amides is 2. The highest BCUT2D eigenvalue weighted by Gasteiger charge is 2.30. The Labute approximate surface area is 161 Å². The molecule has 2 heterocycles. The Morgan fingerprint density at radius 1 is 1.04 bits per heavy atom. The Bertz CT molecular complexity index is 612. The number of nitrogens with zero attached hydrogens (tertiary/aromatic N) is 2. The van der Waals surface area contributed by atoms with Crippen LogP contribution >= 0.6 is 0 Å². The van der Waals surface area contributed by atoms with Gasteiger partial charge in [-0.2, -0.15) is 0 Å². The van der Waals surface area contributed by atoms with E-state index in [2.05, 4.69) is 10.2 Å². The highest BCUT2D eigenvalue weighted by atomic mass is 16.3. The second-order valence-electron chi connectivity index (χ2n) is 7.64. The number of aliphatic hydroxyl groups is 1. The lowest BCUT2D eigenvalue weighted by atomic mass is 9.95. The van der Waals surface area contributed by atoms with Crippen LogP contribution in [0, 0.1) is 5.92 Å². The summed E-state index contributed by atoms with van der Waals surface area (Å²) in [5.74, 6) is 0.167. The fourth-order valence-corrected chi connectivity index (χ4v) is 4.17.